The zero-order valence-electron chi connectivity index (χ0n) is 21.8. The number of rotatable bonds is 7. The second-order valence-electron chi connectivity index (χ2n) is 8.64. The minimum atomic E-state index is -0.579. The molecule has 0 N–H and O–H groups in total. The van der Waals surface area contributed by atoms with Crippen molar-refractivity contribution in [2.45, 2.75) is 20.3 Å². The average Bonchev–Trinajstić information content (AvgIpc) is 3.36. The maximum Gasteiger partial charge on any atom is 0.360 e. The lowest BCUT2D eigenvalue weighted by Crippen LogP contribution is -2.09. The summed E-state index contributed by atoms with van der Waals surface area (Å²) in [6.07, 6.45) is 1.86. The van der Waals surface area contributed by atoms with Crippen molar-refractivity contribution >= 4 is 29.0 Å². The molecule has 0 aliphatic heterocycles. The predicted molar refractivity (Wildman–Crippen MR) is 149 cm³/mol. The van der Waals surface area contributed by atoms with Crippen LogP contribution in [0.3, 0.4) is 0 Å². The average molecular weight is 529 g/mol. The monoisotopic (exact) mass is 528 g/mol. The number of carbonyl (C=O) groups excluding carboxylic acids is 2. The molecule has 1 aromatic heterocycles. The molecule has 0 aliphatic rings. The summed E-state index contributed by atoms with van der Waals surface area (Å²) in [5.41, 5.74) is 4.83. The van der Waals surface area contributed by atoms with E-state index in [-0.39, 0.29) is 23.6 Å². The number of aromatic nitrogens is 2. The van der Waals surface area contributed by atoms with E-state index in [0.717, 1.165) is 22.5 Å². The van der Waals surface area contributed by atoms with Crippen molar-refractivity contribution < 1.29 is 14.3 Å². The van der Waals surface area contributed by atoms with Crippen LogP contribution in [0.4, 0.5) is 5.69 Å². The molecule has 0 fully saturated rings. The minimum Gasteiger partial charge on any atom is -0.461 e. The van der Waals surface area contributed by atoms with Crippen LogP contribution in [0, 0.1) is 18.3 Å². The largest absolute Gasteiger partial charge is 0.461 e. The van der Waals surface area contributed by atoms with Crippen molar-refractivity contribution in [1.82, 2.24) is 9.78 Å². The Kier molecular flexibility index (Phi) is 9.80. The second kappa shape index (κ2) is 13.2. The van der Waals surface area contributed by atoms with Gasteiger partial charge in [-0.15, -0.1) is 0 Å². The summed E-state index contributed by atoms with van der Waals surface area (Å²) in [6.45, 7) is 3.94. The molecule has 0 saturated heterocycles. The van der Waals surface area contributed by atoms with Crippen LogP contribution in [0.25, 0.3) is 5.69 Å². The number of nitrogens with zero attached hydrogens (tertiary/aromatic N) is 4. The van der Waals surface area contributed by atoms with Gasteiger partial charge in [-0.25, -0.2) is 9.48 Å². The Labute approximate surface area is 227 Å². The molecule has 194 valence electrons. The molecule has 4 aromatic rings. The summed E-state index contributed by atoms with van der Waals surface area (Å²) in [5, 5.41) is 13.8. The van der Waals surface area contributed by atoms with Crippen LogP contribution in [-0.2, 0) is 11.2 Å². The van der Waals surface area contributed by atoms with Crippen molar-refractivity contribution in [2.24, 2.45) is 0 Å². The molecule has 1 heterocycles. The Morgan fingerprint density at radius 2 is 1.68 bits per heavy atom. The topological polar surface area (TPSA) is 88.2 Å². The van der Waals surface area contributed by atoms with Crippen LogP contribution in [-0.4, -0.2) is 42.2 Å². The molecule has 0 aliphatic carbocycles. The highest BCUT2D eigenvalue weighted by atomic mass is 35.5. The van der Waals surface area contributed by atoms with Gasteiger partial charge < -0.3 is 9.64 Å². The normalized spacial score (nSPS) is 10.1. The van der Waals surface area contributed by atoms with E-state index < -0.39 is 5.97 Å². The zero-order valence-corrected chi connectivity index (χ0v) is 22.6. The second-order valence-corrected chi connectivity index (χ2v) is 9.04. The van der Waals surface area contributed by atoms with E-state index in [4.69, 9.17) is 21.6 Å². The number of ether oxygens (including phenoxy) is 1. The van der Waals surface area contributed by atoms with Crippen molar-refractivity contribution in [2.75, 3.05) is 25.6 Å². The number of ketones is 1. The molecule has 0 amide bonds. The van der Waals surface area contributed by atoms with E-state index in [1.165, 1.54) is 10.9 Å². The third-order valence-electron chi connectivity index (χ3n) is 5.62. The van der Waals surface area contributed by atoms with Crippen molar-refractivity contribution in [3.8, 4) is 11.8 Å². The number of esters is 1. The Hall–Kier alpha value is -4.41. The number of benzene rings is 3. The van der Waals surface area contributed by atoms with Crippen molar-refractivity contribution in [1.29, 1.82) is 5.26 Å². The Morgan fingerprint density at radius 3 is 2.26 bits per heavy atom. The number of hydrogen-bond donors (Lipinski definition) is 0. The molecule has 4 rings (SSSR count). The molecule has 0 saturated carbocycles. The molecule has 38 heavy (non-hydrogen) atoms. The number of Topliss-reactive ketones (excluding diaryl/α,β-unsaturated/α-hetero) is 1. The zero-order chi connectivity index (χ0) is 27.7. The molecule has 0 bridgehead atoms. The molecule has 0 unspecified atom stereocenters. The minimum absolute atomic E-state index is 0.0462. The lowest BCUT2D eigenvalue weighted by molar-refractivity contribution is 0.0518. The van der Waals surface area contributed by atoms with E-state index in [1.54, 1.807) is 13.0 Å². The van der Waals surface area contributed by atoms with Crippen LogP contribution in [0.15, 0.2) is 79.0 Å². The fourth-order valence-corrected chi connectivity index (χ4v) is 3.70. The molecule has 3 aromatic carbocycles. The van der Waals surface area contributed by atoms with Crippen molar-refractivity contribution in [3.63, 3.8) is 0 Å². The molecule has 8 heteroatoms. The van der Waals surface area contributed by atoms with Gasteiger partial charge in [-0.1, -0.05) is 47.5 Å². The Morgan fingerprint density at radius 1 is 1.03 bits per heavy atom. The number of anilines is 1. The number of aryl methyl sites for hydroxylation is 1. The smallest absolute Gasteiger partial charge is 0.360 e. The van der Waals surface area contributed by atoms with Crippen molar-refractivity contribution in [3.05, 3.63) is 112 Å². The number of nitriles is 1. The van der Waals surface area contributed by atoms with Crippen LogP contribution < -0.4 is 4.90 Å². The van der Waals surface area contributed by atoms with E-state index >= 15 is 0 Å². The first-order valence-corrected chi connectivity index (χ1v) is 12.4. The first-order valence-electron chi connectivity index (χ1n) is 12.0. The van der Waals surface area contributed by atoms with Gasteiger partial charge in [0.2, 0.25) is 0 Å². The van der Waals surface area contributed by atoms with Gasteiger partial charge in [-0.05, 0) is 61.9 Å². The molecule has 0 atom stereocenters. The summed E-state index contributed by atoms with van der Waals surface area (Å²) in [5.74, 6) is -0.497. The highest BCUT2D eigenvalue weighted by Crippen LogP contribution is 2.19. The lowest BCUT2D eigenvalue weighted by Gasteiger charge is -2.12. The van der Waals surface area contributed by atoms with Crippen LogP contribution >= 0.6 is 11.6 Å². The third-order valence-corrected chi connectivity index (χ3v) is 5.99. The standard InChI is InChI=1S/C16H16ClNO.C14H13N3O2/c1-18(2)14-9-7-12(8-10-14)16(19)11-13-5-3-4-6-15(13)17;1-3-19-14(18)13-11(8-15)9-17(16-13)12-6-4-10(2)5-7-12/h3-10H,11H2,1-2H3;4-7,9H,3H2,1-2H3. The summed E-state index contributed by atoms with van der Waals surface area (Å²) in [7, 11) is 3.95. The van der Waals surface area contributed by atoms with Crippen LogP contribution in [0.5, 0.6) is 0 Å². The summed E-state index contributed by atoms with van der Waals surface area (Å²) in [4.78, 5) is 25.9. The van der Waals surface area contributed by atoms with Gasteiger partial charge >= 0.3 is 5.97 Å². The highest BCUT2D eigenvalue weighted by molar-refractivity contribution is 6.31. The number of carbonyl (C=O) groups is 2. The third kappa shape index (κ3) is 7.31. The fraction of sp³-hybridized carbons (Fsp3) is 0.200. The molecule has 0 spiro atoms. The summed E-state index contributed by atoms with van der Waals surface area (Å²) in [6, 6.07) is 24.6. The van der Waals surface area contributed by atoms with Crippen LogP contribution in [0.2, 0.25) is 5.02 Å². The molecular weight excluding hydrogens is 500 g/mol. The Bertz CT molecular complexity index is 1440. The summed E-state index contributed by atoms with van der Waals surface area (Å²) < 4.78 is 6.38. The van der Waals surface area contributed by atoms with Gasteiger partial charge in [0, 0.05) is 43.0 Å². The first-order chi connectivity index (χ1) is 18.2. The van der Waals surface area contributed by atoms with Gasteiger partial charge in [0.25, 0.3) is 0 Å². The number of halogens is 1. The summed E-state index contributed by atoms with van der Waals surface area (Å²) >= 11 is 6.06. The molecular formula is C30H29ClN4O3. The van der Waals surface area contributed by atoms with E-state index in [9.17, 15) is 9.59 Å². The first kappa shape index (κ1) is 28.2. The Balaban J connectivity index is 0.000000211. The highest BCUT2D eigenvalue weighted by Gasteiger charge is 2.18. The van der Waals surface area contributed by atoms with Gasteiger partial charge in [0.15, 0.2) is 11.5 Å². The fourth-order valence-electron chi connectivity index (χ4n) is 3.50. The maximum absolute atomic E-state index is 12.2. The van der Waals surface area contributed by atoms with E-state index in [0.29, 0.717) is 17.0 Å². The van der Waals surface area contributed by atoms with Gasteiger partial charge in [-0.2, -0.15) is 10.4 Å². The molecule has 7 nitrogen and oxygen atoms in total. The van der Waals surface area contributed by atoms with Gasteiger partial charge in [-0.3, -0.25) is 4.79 Å². The van der Waals surface area contributed by atoms with Gasteiger partial charge in [0.1, 0.15) is 11.6 Å². The van der Waals surface area contributed by atoms with E-state index in [1.807, 2.05) is 98.7 Å². The maximum atomic E-state index is 12.2. The quantitative estimate of drug-likeness (QED) is 0.214. The van der Waals surface area contributed by atoms with Crippen LogP contribution in [0.1, 0.15) is 44.5 Å². The SMILES string of the molecule is CCOC(=O)c1nn(-c2ccc(C)cc2)cc1C#N.CN(C)c1ccc(C(=O)Cc2ccccc2Cl)cc1. The molecule has 0 radical (unpaired) electrons. The predicted octanol–water partition coefficient (Wildman–Crippen LogP) is 6.06. The lowest BCUT2D eigenvalue weighted by atomic mass is 10.0. The number of hydrogen-bond acceptors (Lipinski definition) is 6. The van der Waals surface area contributed by atoms with Gasteiger partial charge in [0.05, 0.1) is 12.3 Å². The van der Waals surface area contributed by atoms with E-state index in [2.05, 4.69) is 5.10 Å².